The van der Waals surface area contributed by atoms with Crippen molar-refractivity contribution in [3.63, 3.8) is 0 Å². The Morgan fingerprint density at radius 1 is 0.269 bits per heavy atom. The molecule has 19 heteroatoms. The Kier molecular flexibility index (Phi) is 62.2. The normalized spacial score (nSPS) is 14.2. The van der Waals surface area contributed by atoms with Gasteiger partial charge < -0.3 is 33.8 Å². The molecule has 0 bridgehead atoms. The first-order chi connectivity index (χ1) is 44.6. The Hall–Kier alpha value is -1.94. The van der Waals surface area contributed by atoms with Crippen LogP contribution in [0, 0.1) is 23.7 Å². The van der Waals surface area contributed by atoms with Gasteiger partial charge in [0.15, 0.2) is 12.2 Å². The van der Waals surface area contributed by atoms with Crippen molar-refractivity contribution in [1.82, 2.24) is 0 Å². The zero-order valence-corrected chi connectivity index (χ0v) is 62.7. The Balaban J connectivity index is 5.24. The van der Waals surface area contributed by atoms with Crippen LogP contribution in [0.25, 0.3) is 0 Å². The number of unbranched alkanes of at least 4 members (excludes halogenated alkanes) is 37. The third-order valence-corrected chi connectivity index (χ3v) is 19.0. The molecular weight excluding hydrogens is 1220 g/mol. The van der Waals surface area contributed by atoms with Crippen molar-refractivity contribution in [2.75, 3.05) is 39.6 Å². The van der Waals surface area contributed by atoms with E-state index in [-0.39, 0.29) is 25.7 Å². The second-order valence-corrected chi connectivity index (χ2v) is 31.5. The molecule has 0 spiro atoms. The van der Waals surface area contributed by atoms with Gasteiger partial charge in [-0.25, -0.2) is 9.13 Å². The molecule has 0 amide bonds. The molecule has 0 aromatic heterocycles. The van der Waals surface area contributed by atoms with E-state index in [1.54, 1.807) is 0 Å². The Bertz CT molecular complexity index is 1830. The fourth-order valence-corrected chi connectivity index (χ4v) is 12.8. The van der Waals surface area contributed by atoms with E-state index in [1.807, 2.05) is 0 Å². The van der Waals surface area contributed by atoms with Gasteiger partial charge in [-0.05, 0) is 49.4 Å². The van der Waals surface area contributed by atoms with Gasteiger partial charge >= 0.3 is 39.5 Å². The molecule has 0 saturated heterocycles. The summed E-state index contributed by atoms with van der Waals surface area (Å²) in [4.78, 5) is 72.7. The number of phosphoric ester groups is 2. The van der Waals surface area contributed by atoms with Crippen LogP contribution in [0.3, 0.4) is 0 Å². The maximum Gasteiger partial charge on any atom is 0.472 e. The standard InChI is InChI=1S/C74H144O17P2/c1-64(2)50-42-34-26-18-14-12-10-9-11-13-15-21-32-40-48-56-73(78)90-69(60-84-71(76)54-46-38-30-20-17-16-19-27-35-43-51-65(3)4)62-88-92(80,81)86-58-68(75)59-87-93(82,83)89-63-70(91-74(79)57-49-41-33-25-23-29-37-45-53-67(7)8)61-85-72(77)55-47-39-31-24-22-28-36-44-52-66(5)6/h64-70,75H,9-63H2,1-8H3,(H,80,81)(H,82,83)/t68?,69-,70-/m1/s1. The minimum Gasteiger partial charge on any atom is -0.462 e. The van der Waals surface area contributed by atoms with E-state index in [4.69, 9.17) is 37.0 Å². The van der Waals surface area contributed by atoms with Gasteiger partial charge in [0.2, 0.25) is 0 Å². The predicted octanol–water partition coefficient (Wildman–Crippen LogP) is 21.3. The summed E-state index contributed by atoms with van der Waals surface area (Å²) in [6.45, 7) is 14.1. The molecule has 0 radical (unpaired) electrons. The Labute approximate surface area is 568 Å². The number of hydrogen-bond acceptors (Lipinski definition) is 15. The van der Waals surface area contributed by atoms with E-state index in [0.29, 0.717) is 25.7 Å². The lowest BCUT2D eigenvalue weighted by Crippen LogP contribution is -2.30. The first-order valence-corrected chi connectivity index (χ1v) is 41.2. The van der Waals surface area contributed by atoms with Gasteiger partial charge in [-0.2, -0.15) is 0 Å². The number of phosphoric acid groups is 2. The highest BCUT2D eigenvalue weighted by Gasteiger charge is 2.30. The van der Waals surface area contributed by atoms with Crippen molar-refractivity contribution in [2.45, 2.75) is 388 Å². The van der Waals surface area contributed by atoms with Crippen LogP contribution in [0.15, 0.2) is 0 Å². The minimum atomic E-state index is -4.96. The van der Waals surface area contributed by atoms with Crippen molar-refractivity contribution in [1.29, 1.82) is 0 Å². The van der Waals surface area contributed by atoms with Crippen LogP contribution >= 0.6 is 15.6 Å². The Morgan fingerprint density at radius 2 is 0.452 bits per heavy atom. The monoisotopic (exact) mass is 1370 g/mol. The van der Waals surface area contributed by atoms with Crippen molar-refractivity contribution in [3.05, 3.63) is 0 Å². The predicted molar refractivity (Wildman–Crippen MR) is 377 cm³/mol. The van der Waals surface area contributed by atoms with Crippen molar-refractivity contribution < 1.29 is 80.2 Å². The third kappa shape index (κ3) is 68.4. The fraction of sp³-hybridized carbons (Fsp3) is 0.946. The molecule has 0 aromatic rings. The van der Waals surface area contributed by atoms with Crippen LogP contribution in [-0.2, 0) is 65.4 Å². The van der Waals surface area contributed by atoms with Gasteiger partial charge in [0.05, 0.1) is 26.4 Å². The fourth-order valence-electron chi connectivity index (χ4n) is 11.2. The highest BCUT2D eigenvalue weighted by Crippen LogP contribution is 2.45. The molecule has 0 aliphatic rings. The number of aliphatic hydroxyl groups excluding tert-OH is 1. The number of rotatable bonds is 71. The van der Waals surface area contributed by atoms with E-state index in [2.05, 4.69) is 55.4 Å². The summed E-state index contributed by atoms with van der Waals surface area (Å²) < 4.78 is 68.4. The SMILES string of the molecule is CC(C)CCCCCCCCCCCCCCCCCC(=O)O[C@H](COC(=O)CCCCCCCCCCCCC(C)C)COP(=O)(O)OCC(O)COP(=O)(O)OC[C@@H](COC(=O)CCCCCCCCCCC(C)C)OC(=O)CCCCCCCCCCC(C)C. The number of esters is 4. The average Bonchev–Trinajstić information content (AvgIpc) is 2.14. The van der Waals surface area contributed by atoms with E-state index in [9.17, 15) is 43.2 Å². The summed E-state index contributed by atoms with van der Waals surface area (Å²) in [6.07, 6.45) is 47.3. The van der Waals surface area contributed by atoms with Crippen molar-refractivity contribution in [2.24, 2.45) is 23.7 Å². The van der Waals surface area contributed by atoms with Crippen LogP contribution in [0.5, 0.6) is 0 Å². The lowest BCUT2D eigenvalue weighted by molar-refractivity contribution is -0.161. The molecule has 0 saturated carbocycles. The number of ether oxygens (including phenoxy) is 4. The average molecular weight is 1370 g/mol. The second kappa shape index (κ2) is 63.5. The van der Waals surface area contributed by atoms with Crippen LogP contribution < -0.4 is 0 Å². The molecule has 0 heterocycles. The summed E-state index contributed by atoms with van der Waals surface area (Å²) in [5.74, 6) is 0.880. The van der Waals surface area contributed by atoms with Crippen LogP contribution in [0.4, 0.5) is 0 Å². The maximum atomic E-state index is 13.1. The first kappa shape index (κ1) is 91.1. The highest BCUT2D eigenvalue weighted by atomic mass is 31.2. The van der Waals surface area contributed by atoms with Crippen LogP contribution in [0.1, 0.15) is 370 Å². The van der Waals surface area contributed by atoms with E-state index in [1.165, 1.54) is 173 Å². The lowest BCUT2D eigenvalue weighted by Gasteiger charge is -2.21. The van der Waals surface area contributed by atoms with Gasteiger partial charge in [-0.3, -0.25) is 37.3 Å². The molecule has 5 atom stereocenters. The first-order valence-electron chi connectivity index (χ1n) is 38.2. The second-order valence-electron chi connectivity index (χ2n) is 28.6. The number of hydrogen-bond donors (Lipinski definition) is 3. The third-order valence-electron chi connectivity index (χ3n) is 17.1. The zero-order chi connectivity index (χ0) is 68.9. The minimum absolute atomic E-state index is 0.104. The maximum absolute atomic E-state index is 13.1. The molecule has 0 aliphatic carbocycles. The summed E-state index contributed by atoms with van der Waals surface area (Å²) in [5.41, 5.74) is 0. The quantitative estimate of drug-likeness (QED) is 0.0222. The molecule has 3 unspecified atom stereocenters. The van der Waals surface area contributed by atoms with Gasteiger partial charge in [0, 0.05) is 25.7 Å². The molecule has 3 N–H and O–H groups in total. The topological polar surface area (TPSA) is 237 Å². The van der Waals surface area contributed by atoms with Crippen LogP contribution in [-0.4, -0.2) is 96.7 Å². The van der Waals surface area contributed by atoms with Gasteiger partial charge in [0.1, 0.15) is 19.3 Å². The molecule has 17 nitrogen and oxygen atoms in total. The van der Waals surface area contributed by atoms with Gasteiger partial charge in [-0.1, -0.05) is 319 Å². The molecular formula is C74H144O17P2. The summed E-state index contributed by atoms with van der Waals surface area (Å²) in [6, 6.07) is 0. The summed E-state index contributed by atoms with van der Waals surface area (Å²) >= 11 is 0. The number of aliphatic hydroxyl groups is 1. The number of carbonyl (C=O) groups excluding carboxylic acids is 4. The van der Waals surface area contributed by atoms with Crippen molar-refractivity contribution in [3.8, 4) is 0 Å². The van der Waals surface area contributed by atoms with Crippen LogP contribution in [0.2, 0.25) is 0 Å². The molecule has 0 aromatic carbocycles. The molecule has 552 valence electrons. The molecule has 0 fully saturated rings. The Morgan fingerprint density at radius 3 is 0.667 bits per heavy atom. The van der Waals surface area contributed by atoms with Gasteiger partial charge in [0.25, 0.3) is 0 Å². The molecule has 0 rings (SSSR count). The zero-order valence-electron chi connectivity index (χ0n) is 60.9. The van der Waals surface area contributed by atoms with E-state index < -0.39 is 97.5 Å². The van der Waals surface area contributed by atoms with E-state index in [0.717, 1.165) is 114 Å². The van der Waals surface area contributed by atoms with Gasteiger partial charge in [-0.15, -0.1) is 0 Å². The smallest absolute Gasteiger partial charge is 0.462 e. The summed E-state index contributed by atoms with van der Waals surface area (Å²) in [5, 5.41) is 10.6. The number of carbonyl (C=O) groups is 4. The van der Waals surface area contributed by atoms with E-state index >= 15 is 0 Å². The van der Waals surface area contributed by atoms with Crippen molar-refractivity contribution >= 4 is 39.5 Å². The highest BCUT2D eigenvalue weighted by molar-refractivity contribution is 7.47. The lowest BCUT2D eigenvalue weighted by atomic mass is 10.0. The largest absolute Gasteiger partial charge is 0.472 e. The summed E-state index contributed by atoms with van der Waals surface area (Å²) in [7, 11) is -9.91. The molecule has 0 aliphatic heterocycles. The molecule has 93 heavy (non-hydrogen) atoms.